The summed E-state index contributed by atoms with van der Waals surface area (Å²) in [5.74, 6) is 1.36. The van der Waals surface area contributed by atoms with Gasteiger partial charge in [0.05, 0.1) is 17.5 Å². The molecule has 1 heterocycles. The quantitative estimate of drug-likeness (QED) is 0.416. The maximum Gasteiger partial charge on any atom is 0.250 e. The standard InChI is InChI=1S/C23H37ClFN3O3/c1-15(28-22(29)14-31-18-7-8-19(24)20(25)12-18)10-11-26-23(30)21-9-6-17(13-27-21)5-4-16-2-3-16/h16-21,27H,1-14H2,(H,26,30)(H,28,29). The predicted octanol–water partition coefficient (Wildman–Crippen LogP) is 3.20. The molecule has 0 spiro atoms. The topological polar surface area (TPSA) is 79.5 Å². The van der Waals surface area contributed by atoms with Crippen LogP contribution in [0.4, 0.5) is 4.39 Å². The van der Waals surface area contributed by atoms with Crippen LogP contribution in [-0.4, -0.2) is 55.2 Å². The highest BCUT2D eigenvalue weighted by Crippen LogP contribution is 2.35. The van der Waals surface area contributed by atoms with E-state index in [1.54, 1.807) is 0 Å². The van der Waals surface area contributed by atoms with Crippen molar-refractivity contribution in [1.29, 1.82) is 0 Å². The maximum absolute atomic E-state index is 13.6. The van der Waals surface area contributed by atoms with Gasteiger partial charge in [-0.15, -0.1) is 11.6 Å². The highest BCUT2D eigenvalue weighted by atomic mass is 35.5. The number of hydrogen-bond donors (Lipinski definition) is 3. The Kier molecular flexibility index (Phi) is 9.60. The van der Waals surface area contributed by atoms with Gasteiger partial charge in [0.15, 0.2) is 0 Å². The summed E-state index contributed by atoms with van der Waals surface area (Å²) in [6.45, 7) is 5.05. The van der Waals surface area contributed by atoms with Gasteiger partial charge in [0, 0.05) is 25.1 Å². The fourth-order valence-corrected chi connectivity index (χ4v) is 4.64. The number of halogens is 2. The minimum atomic E-state index is -1.09. The first-order valence-corrected chi connectivity index (χ1v) is 12.2. The molecule has 3 rings (SSSR count). The van der Waals surface area contributed by atoms with E-state index in [1.165, 1.54) is 25.7 Å². The lowest BCUT2D eigenvalue weighted by Crippen LogP contribution is -2.49. The van der Waals surface area contributed by atoms with Crippen molar-refractivity contribution in [3.05, 3.63) is 12.3 Å². The van der Waals surface area contributed by atoms with Crippen LogP contribution in [0.2, 0.25) is 0 Å². The van der Waals surface area contributed by atoms with Crippen LogP contribution in [0.3, 0.4) is 0 Å². The summed E-state index contributed by atoms with van der Waals surface area (Å²) in [7, 11) is 0. The average Bonchev–Trinajstić information content (AvgIpc) is 3.58. The van der Waals surface area contributed by atoms with E-state index in [0.29, 0.717) is 37.4 Å². The van der Waals surface area contributed by atoms with E-state index in [0.717, 1.165) is 25.3 Å². The molecule has 3 N–H and O–H groups in total. The summed E-state index contributed by atoms with van der Waals surface area (Å²) in [6, 6.07) is -0.129. The molecule has 3 fully saturated rings. The van der Waals surface area contributed by atoms with Gasteiger partial charge in [-0.25, -0.2) is 4.39 Å². The van der Waals surface area contributed by atoms with E-state index in [9.17, 15) is 14.0 Å². The Bertz CT molecular complexity index is 623. The molecule has 1 aliphatic heterocycles. The zero-order valence-electron chi connectivity index (χ0n) is 18.3. The zero-order chi connectivity index (χ0) is 22.2. The van der Waals surface area contributed by atoms with E-state index in [2.05, 4.69) is 22.5 Å². The van der Waals surface area contributed by atoms with Crippen molar-refractivity contribution >= 4 is 23.4 Å². The van der Waals surface area contributed by atoms with Crippen LogP contribution in [0.25, 0.3) is 0 Å². The maximum atomic E-state index is 13.6. The summed E-state index contributed by atoms with van der Waals surface area (Å²) in [5, 5.41) is 8.53. The molecule has 0 radical (unpaired) electrons. The van der Waals surface area contributed by atoms with Crippen molar-refractivity contribution in [2.75, 3.05) is 19.7 Å². The Morgan fingerprint density at radius 3 is 2.52 bits per heavy atom. The van der Waals surface area contributed by atoms with Crippen molar-refractivity contribution in [1.82, 2.24) is 16.0 Å². The van der Waals surface area contributed by atoms with Crippen molar-refractivity contribution in [3.63, 3.8) is 0 Å². The van der Waals surface area contributed by atoms with Crippen LogP contribution in [0.5, 0.6) is 0 Å². The van der Waals surface area contributed by atoms with Crippen molar-refractivity contribution < 1.29 is 18.7 Å². The SMILES string of the molecule is C=C(CCNC(=O)C1CCC(CCC2CC2)CN1)NC(=O)COC1CCC(Cl)C(F)C1. The molecule has 0 aromatic heterocycles. The third-order valence-electron chi connectivity index (χ3n) is 6.65. The Balaban J connectivity index is 1.22. The lowest BCUT2D eigenvalue weighted by molar-refractivity contribution is -0.128. The van der Waals surface area contributed by atoms with Crippen LogP contribution in [-0.2, 0) is 14.3 Å². The lowest BCUT2D eigenvalue weighted by atomic mass is 9.90. The Morgan fingerprint density at radius 2 is 1.84 bits per heavy atom. The number of amides is 2. The van der Waals surface area contributed by atoms with Gasteiger partial charge in [-0.05, 0) is 50.5 Å². The van der Waals surface area contributed by atoms with Gasteiger partial charge in [-0.2, -0.15) is 0 Å². The molecule has 6 nitrogen and oxygen atoms in total. The van der Waals surface area contributed by atoms with Crippen molar-refractivity contribution in [2.24, 2.45) is 11.8 Å². The molecule has 5 atom stereocenters. The van der Waals surface area contributed by atoms with Gasteiger partial charge >= 0.3 is 0 Å². The number of hydrogen-bond acceptors (Lipinski definition) is 4. The van der Waals surface area contributed by atoms with E-state index in [1.807, 2.05) is 0 Å². The van der Waals surface area contributed by atoms with Crippen molar-refractivity contribution in [3.8, 4) is 0 Å². The van der Waals surface area contributed by atoms with Gasteiger partial charge in [-0.1, -0.05) is 25.8 Å². The Hall–Kier alpha value is -1.18. The zero-order valence-corrected chi connectivity index (χ0v) is 19.1. The Labute approximate surface area is 190 Å². The van der Waals surface area contributed by atoms with Crippen LogP contribution in [0.1, 0.15) is 64.2 Å². The number of ether oxygens (including phenoxy) is 1. The van der Waals surface area contributed by atoms with Crippen LogP contribution < -0.4 is 16.0 Å². The molecular formula is C23H37ClFN3O3. The molecule has 176 valence electrons. The third kappa shape index (κ3) is 8.70. The number of piperidine rings is 1. The highest BCUT2D eigenvalue weighted by molar-refractivity contribution is 6.21. The second-order valence-electron chi connectivity index (χ2n) is 9.40. The van der Waals surface area contributed by atoms with E-state index >= 15 is 0 Å². The molecular weight excluding hydrogens is 421 g/mol. The molecule has 5 unspecified atom stereocenters. The fourth-order valence-electron chi connectivity index (χ4n) is 4.41. The molecule has 0 bridgehead atoms. The molecule has 0 aromatic carbocycles. The molecule has 2 aliphatic carbocycles. The van der Waals surface area contributed by atoms with Gasteiger partial charge in [0.1, 0.15) is 12.8 Å². The number of alkyl halides is 2. The second-order valence-corrected chi connectivity index (χ2v) is 9.96. The van der Waals surface area contributed by atoms with Gasteiger partial charge in [0.2, 0.25) is 11.8 Å². The molecule has 3 aliphatic rings. The molecule has 1 saturated heterocycles. The average molecular weight is 458 g/mol. The van der Waals surface area contributed by atoms with Crippen molar-refractivity contribution in [2.45, 2.75) is 87.9 Å². The van der Waals surface area contributed by atoms with Gasteiger partial charge in [-0.3, -0.25) is 9.59 Å². The fraction of sp³-hybridized carbons (Fsp3) is 0.826. The molecule has 8 heteroatoms. The summed E-state index contributed by atoms with van der Waals surface area (Å²) in [6.07, 6.45) is 7.93. The summed E-state index contributed by atoms with van der Waals surface area (Å²) >= 11 is 5.86. The summed E-state index contributed by atoms with van der Waals surface area (Å²) in [4.78, 5) is 24.4. The first-order valence-electron chi connectivity index (χ1n) is 11.8. The first-order chi connectivity index (χ1) is 14.9. The number of carbonyl (C=O) groups excluding carboxylic acids is 2. The molecule has 31 heavy (non-hydrogen) atoms. The minimum Gasteiger partial charge on any atom is -0.368 e. The highest BCUT2D eigenvalue weighted by Gasteiger charge is 2.30. The monoisotopic (exact) mass is 457 g/mol. The number of nitrogens with one attached hydrogen (secondary N) is 3. The number of rotatable bonds is 11. The second kappa shape index (κ2) is 12.2. The molecule has 0 aromatic rings. The predicted molar refractivity (Wildman–Crippen MR) is 120 cm³/mol. The van der Waals surface area contributed by atoms with E-state index in [-0.39, 0.29) is 37.0 Å². The van der Waals surface area contributed by atoms with E-state index in [4.69, 9.17) is 16.3 Å². The smallest absolute Gasteiger partial charge is 0.250 e. The normalized spacial score (nSPS) is 31.1. The largest absolute Gasteiger partial charge is 0.368 e. The lowest BCUT2D eigenvalue weighted by Gasteiger charge is -2.29. The van der Waals surface area contributed by atoms with Crippen LogP contribution >= 0.6 is 11.6 Å². The third-order valence-corrected chi connectivity index (χ3v) is 7.14. The molecule has 2 saturated carbocycles. The minimum absolute atomic E-state index is 0.0128. The number of carbonyl (C=O) groups is 2. The van der Waals surface area contributed by atoms with Gasteiger partial charge in [0.25, 0.3) is 0 Å². The summed E-state index contributed by atoms with van der Waals surface area (Å²) < 4.78 is 19.1. The first kappa shape index (κ1) is 24.5. The summed E-state index contributed by atoms with van der Waals surface area (Å²) in [5.41, 5.74) is 0.526. The Morgan fingerprint density at radius 1 is 1.10 bits per heavy atom. The van der Waals surface area contributed by atoms with Crippen LogP contribution in [0, 0.1) is 11.8 Å². The van der Waals surface area contributed by atoms with E-state index < -0.39 is 11.5 Å². The van der Waals surface area contributed by atoms with Crippen LogP contribution in [0.15, 0.2) is 12.3 Å². The van der Waals surface area contributed by atoms with Gasteiger partial charge < -0.3 is 20.7 Å². The molecule has 2 amide bonds.